The van der Waals surface area contributed by atoms with Gasteiger partial charge >= 0.3 is 6.18 Å². The zero-order valence-electron chi connectivity index (χ0n) is 15.5. The second kappa shape index (κ2) is 11.9. The number of hydrogen-bond acceptors (Lipinski definition) is 4. The molecule has 1 aliphatic rings. The zero-order valence-corrected chi connectivity index (χ0v) is 17.8. The molecule has 0 spiro atoms. The number of hydrogen-bond donors (Lipinski definition) is 3. The SMILES string of the molecule is CCNC(=NCc1ccnc(OCC(F)(F)F)c1)NCCNC(=O)C1CC1.I. The van der Waals surface area contributed by atoms with E-state index in [4.69, 9.17) is 0 Å². The lowest BCUT2D eigenvalue weighted by Crippen LogP contribution is -2.41. The van der Waals surface area contributed by atoms with Gasteiger partial charge in [-0.05, 0) is 31.4 Å². The Labute approximate surface area is 178 Å². The monoisotopic (exact) mass is 515 g/mol. The summed E-state index contributed by atoms with van der Waals surface area (Å²) in [6, 6.07) is 3.08. The van der Waals surface area contributed by atoms with Gasteiger partial charge in [0.05, 0.1) is 6.54 Å². The van der Waals surface area contributed by atoms with Crippen molar-refractivity contribution in [2.75, 3.05) is 26.2 Å². The summed E-state index contributed by atoms with van der Waals surface area (Å²) < 4.78 is 41.3. The summed E-state index contributed by atoms with van der Waals surface area (Å²) in [7, 11) is 0. The van der Waals surface area contributed by atoms with Crippen molar-refractivity contribution in [2.45, 2.75) is 32.5 Å². The molecule has 1 fully saturated rings. The molecule has 0 unspecified atom stereocenters. The van der Waals surface area contributed by atoms with Gasteiger partial charge in [0.15, 0.2) is 12.6 Å². The van der Waals surface area contributed by atoms with Gasteiger partial charge in [-0.25, -0.2) is 9.98 Å². The minimum Gasteiger partial charge on any atom is -0.468 e. The maximum atomic E-state index is 12.2. The number of alkyl halides is 3. The molecule has 28 heavy (non-hydrogen) atoms. The van der Waals surface area contributed by atoms with Crippen LogP contribution in [0, 0.1) is 5.92 Å². The Morgan fingerprint density at radius 1 is 1.29 bits per heavy atom. The van der Waals surface area contributed by atoms with Crippen LogP contribution in [0.1, 0.15) is 25.3 Å². The van der Waals surface area contributed by atoms with Crippen molar-refractivity contribution in [1.82, 2.24) is 20.9 Å². The van der Waals surface area contributed by atoms with Gasteiger partial charge in [-0.2, -0.15) is 13.2 Å². The lowest BCUT2D eigenvalue weighted by atomic mass is 10.3. The molecule has 3 N–H and O–H groups in total. The number of halogens is 4. The first-order chi connectivity index (χ1) is 12.9. The Bertz CT molecular complexity index is 654. The van der Waals surface area contributed by atoms with E-state index in [-0.39, 0.29) is 48.2 Å². The van der Waals surface area contributed by atoms with Crippen LogP contribution in [0.15, 0.2) is 23.3 Å². The zero-order chi connectivity index (χ0) is 19.7. The molecular weight excluding hydrogens is 490 g/mol. The Morgan fingerprint density at radius 2 is 2.00 bits per heavy atom. The standard InChI is InChI=1S/C17H24F3N5O2.HI/c1-2-21-16(24-8-7-23-15(26)13-3-4-13)25-10-12-5-6-22-14(9-12)27-11-17(18,19)20;/h5-6,9,13H,2-4,7-8,10-11H2,1H3,(H,23,26)(H2,21,24,25);1H. The van der Waals surface area contributed by atoms with E-state index in [1.54, 1.807) is 6.07 Å². The van der Waals surface area contributed by atoms with Crippen LogP contribution >= 0.6 is 24.0 Å². The highest BCUT2D eigenvalue weighted by atomic mass is 127. The fraction of sp³-hybridized carbons (Fsp3) is 0.588. The van der Waals surface area contributed by atoms with Crippen molar-refractivity contribution in [3.05, 3.63) is 23.9 Å². The molecular formula is C17H25F3IN5O2. The summed E-state index contributed by atoms with van der Waals surface area (Å²) >= 11 is 0. The van der Waals surface area contributed by atoms with E-state index >= 15 is 0 Å². The number of pyridine rings is 1. The predicted octanol–water partition coefficient (Wildman–Crippen LogP) is 2.22. The van der Waals surface area contributed by atoms with E-state index in [1.807, 2.05) is 6.92 Å². The van der Waals surface area contributed by atoms with Crippen LogP contribution in [0.5, 0.6) is 5.88 Å². The molecule has 1 aromatic heterocycles. The van der Waals surface area contributed by atoms with Crippen LogP contribution in [-0.2, 0) is 11.3 Å². The van der Waals surface area contributed by atoms with Crippen molar-refractivity contribution in [3.63, 3.8) is 0 Å². The maximum absolute atomic E-state index is 12.2. The molecule has 7 nitrogen and oxygen atoms in total. The molecule has 0 saturated heterocycles. The molecule has 11 heteroatoms. The average molecular weight is 515 g/mol. The topological polar surface area (TPSA) is 87.6 Å². The van der Waals surface area contributed by atoms with Gasteiger partial charge in [0.2, 0.25) is 11.8 Å². The largest absolute Gasteiger partial charge is 0.468 e. The van der Waals surface area contributed by atoms with Gasteiger partial charge in [-0.3, -0.25) is 4.79 Å². The normalized spacial score (nSPS) is 14.1. The van der Waals surface area contributed by atoms with Crippen molar-refractivity contribution < 1.29 is 22.7 Å². The third kappa shape index (κ3) is 9.95. The van der Waals surface area contributed by atoms with E-state index in [2.05, 4.69) is 30.7 Å². The van der Waals surface area contributed by atoms with E-state index in [0.29, 0.717) is 31.2 Å². The lowest BCUT2D eigenvalue weighted by Gasteiger charge is -2.12. The van der Waals surface area contributed by atoms with Crippen molar-refractivity contribution >= 4 is 35.8 Å². The number of aliphatic imine (C=N–C) groups is 1. The van der Waals surface area contributed by atoms with Crippen molar-refractivity contribution in [1.29, 1.82) is 0 Å². The molecule has 0 aliphatic heterocycles. The van der Waals surface area contributed by atoms with Crippen LogP contribution in [0.4, 0.5) is 13.2 Å². The highest BCUT2D eigenvalue weighted by Crippen LogP contribution is 2.28. The highest BCUT2D eigenvalue weighted by Gasteiger charge is 2.29. The number of guanidine groups is 1. The molecule has 1 saturated carbocycles. The summed E-state index contributed by atoms with van der Waals surface area (Å²) in [6.45, 7) is 2.43. The smallest absolute Gasteiger partial charge is 0.422 e. The van der Waals surface area contributed by atoms with Crippen LogP contribution in [0.3, 0.4) is 0 Å². The average Bonchev–Trinajstić information content (AvgIpc) is 3.46. The first-order valence-corrected chi connectivity index (χ1v) is 8.81. The van der Waals surface area contributed by atoms with Gasteiger partial charge in [-0.1, -0.05) is 0 Å². The van der Waals surface area contributed by atoms with E-state index in [0.717, 1.165) is 12.8 Å². The minimum atomic E-state index is -4.41. The third-order valence-corrected chi connectivity index (χ3v) is 3.61. The second-order valence-electron chi connectivity index (χ2n) is 6.09. The van der Waals surface area contributed by atoms with E-state index < -0.39 is 12.8 Å². The maximum Gasteiger partial charge on any atom is 0.422 e. The molecule has 2 rings (SSSR count). The summed E-state index contributed by atoms with van der Waals surface area (Å²) in [5.74, 6) is 0.711. The number of carbonyl (C=O) groups is 1. The van der Waals surface area contributed by atoms with Gasteiger partial charge < -0.3 is 20.7 Å². The van der Waals surface area contributed by atoms with Crippen LogP contribution < -0.4 is 20.7 Å². The Balaban J connectivity index is 0.00000392. The first kappa shape index (κ1) is 24.2. The fourth-order valence-electron chi connectivity index (χ4n) is 2.15. The van der Waals surface area contributed by atoms with Gasteiger partial charge in [0.25, 0.3) is 0 Å². The number of ether oxygens (including phenoxy) is 1. The van der Waals surface area contributed by atoms with Crippen molar-refractivity contribution in [3.8, 4) is 5.88 Å². The third-order valence-electron chi connectivity index (χ3n) is 3.61. The van der Waals surface area contributed by atoms with Gasteiger partial charge in [0.1, 0.15) is 0 Å². The fourth-order valence-corrected chi connectivity index (χ4v) is 2.15. The molecule has 158 valence electrons. The molecule has 0 radical (unpaired) electrons. The summed E-state index contributed by atoms with van der Waals surface area (Å²) in [6.07, 6.45) is -1.11. The molecule has 0 atom stereocenters. The Morgan fingerprint density at radius 3 is 2.64 bits per heavy atom. The number of aromatic nitrogens is 1. The number of carbonyl (C=O) groups excluding carboxylic acids is 1. The molecule has 0 bridgehead atoms. The number of amides is 1. The molecule has 0 aromatic carbocycles. The second-order valence-corrected chi connectivity index (χ2v) is 6.09. The minimum absolute atomic E-state index is 0. The molecule has 1 amide bonds. The quantitative estimate of drug-likeness (QED) is 0.203. The lowest BCUT2D eigenvalue weighted by molar-refractivity contribution is -0.154. The highest BCUT2D eigenvalue weighted by molar-refractivity contribution is 14.0. The molecule has 1 heterocycles. The van der Waals surface area contributed by atoms with Gasteiger partial charge in [-0.15, -0.1) is 24.0 Å². The first-order valence-electron chi connectivity index (χ1n) is 8.81. The predicted molar refractivity (Wildman–Crippen MR) is 110 cm³/mol. The molecule has 1 aromatic rings. The molecule has 1 aliphatic carbocycles. The van der Waals surface area contributed by atoms with E-state index in [1.165, 1.54) is 12.3 Å². The number of nitrogens with zero attached hydrogens (tertiary/aromatic N) is 2. The summed E-state index contributed by atoms with van der Waals surface area (Å²) in [4.78, 5) is 19.7. The Kier molecular flexibility index (Phi) is 10.3. The summed E-state index contributed by atoms with van der Waals surface area (Å²) in [5.41, 5.74) is 0.668. The van der Waals surface area contributed by atoms with Crippen LogP contribution in [0.2, 0.25) is 0 Å². The Hall–Kier alpha value is -1.79. The van der Waals surface area contributed by atoms with Crippen molar-refractivity contribution in [2.24, 2.45) is 10.9 Å². The van der Waals surface area contributed by atoms with E-state index in [9.17, 15) is 18.0 Å². The summed E-state index contributed by atoms with van der Waals surface area (Å²) in [5, 5.41) is 9.01. The number of rotatable bonds is 9. The van der Waals surface area contributed by atoms with Crippen LogP contribution in [-0.4, -0.2) is 49.3 Å². The van der Waals surface area contributed by atoms with Gasteiger partial charge in [0, 0.05) is 37.8 Å². The van der Waals surface area contributed by atoms with Crippen LogP contribution in [0.25, 0.3) is 0 Å². The number of nitrogens with one attached hydrogen (secondary N) is 3.